The molecule has 0 amide bonds. The minimum atomic E-state index is -1.24. The fourth-order valence-electron chi connectivity index (χ4n) is 1.40. The number of benzene rings is 1. The van der Waals surface area contributed by atoms with Crippen molar-refractivity contribution in [2.45, 2.75) is 45.2 Å². The van der Waals surface area contributed by atoms with Gasteiger partial charge in [0.05, 0.1) is 8.07 Å². The Labute approximate surface area is 113 Å². The van der Waals surface area contributed by atoms with Crippen molar-refractivity contribution < 1.29 is 0 Å². The number of hydrogen-bond donors (Lipinski definition) is 0. The van der Waals surface area contributed by atoms with Crippen LogP contribution in [0.4, 0.5) is 0 Å². The predicted octanol–water partition coefficient (Wildman–Crippen LogP) is 5.48. The number of hydrogen-bond acceptors (Lipinski definition) is 1. The Morgan fingerprint density at radius 1 is 1.06 bits per heavy atom. The van der Waals surface area contributed by atoms with Crippen LogP contribution < -0.4 is 0 Å². The normalized spacial score (nSPS) is 13.9. The molecule has 1 rings (SSSR count). The second kappa shape index (κ2) is 5.73. The molecule has 0 N–H and O–H groups in total. The van der Waals surface area contributed by atoms with Crippen LogP contribution in [0.1, 0.15) is 26.3 Å². The lowest BCUT2D eigenvalue weighted by atomic mass is 10.2. The monoisotopic (exact) mass is 282 g/mol. The van der Waals surface area contributed by atoms with Crippen LogP contribution >= 0.6 is 18.8 Å². The fraction of sp³-hybridized carbons (Fsp3) is 0.500. The minimum absolute atomic E-state index is 0.335. The van der Waals surface area contributed by atoms with E-state index in [0.717, 1.165) is 0 Å². The summed E-state index contributed by atoms with van der Waals surface area (Å²) in [5.41, 5.74) is 1.44. The molecular weight excluding hydrogens is 259 g/mol. The molecule has 0 heterocycles. The van der Waals surface area contributed by atoms with Gasteiger partial charge in [-0.05, 0) is 17.9 Å². The van der Waals surface area contributed by atoms with Crippen molar-refractivity contribution in [3.8, 4) is 0 Å². The lowest BCUT2D eigenvalue weighted by Gasteiger charge is -2.23. The van der Waals surface area contributed by atoms with Crippen molar-refractivity contribution in [2.24, 2.45) is 0 Å². The summed E-state index contributed by atoms with van der Waals surface area (Å²) in [7, 11) is 0.197. The van der Waals surface area contributed by atoms with Crippen LogP contribution in [-0.2, 0) is 0 Å². The summed E-state index contributed by atoms with van der Waals surface area (Å²) in [6.45, 7) is 14.2. The highest BCUT2D eigenvalue weighted by molar-refractivity contribution is 8.50. The molecule has 0 radical (unpaired) electrons. The summed E-state index contributed by atoms with van der Waals surface area (Å²) in [6.07, 6.45) is 0. The Morgan fingerprint density at radius 3 is 2.00 bits per heavy atom. The standard InChI is InChI=1S/C14H23PSSi/c1-14(2,3)16-15-13(17(4,5)6)12-10-8-7-9-11-12/h7-11H,1-6H3. The summed E-state index contributed by atoms with van der Waals surface area (Å²) >= 11 is 2.03. The van der Waals surface area contributed by atoms with Gasteiger partial charge in [0.2, 0.25) is 0 Å². The van der Waals surface area contributed by atoms with Crippen molar-refractivity contribution in [3.05, 3.63) is 35.9 Å². The smallest absolute Gasteiger partial charge is 0.0849 e. The lowest BCUT2D eigenvalue weighted by molar-refractivity contribution is 0.810. The third kappa shape index (κ3) is 5.42. The lowest BCUT2D eigenvalue weighted by Crippen LogP contribution is -2.32. The maximum atomic E-state index is 2.44. The van der Waals surface area contributed by atoms with Gasteiger partial charge in [-0.1, -0.05) is 82.1 Å². The van der Waals surface area contributed by atoms with Crippen LogP contribution in [0, 0.1) is 0 Å². The van der Waals surface area contributed by atoms with Crippen molar-refractivity contribution in [1.82, 2.24) is 0 Å². The summed E-state index contributed by atoms with van der Waals surface area (Å²) in [5, 5.41) is 0. The van der Waals surface area contributed by atoms with Crippen molar-refractivity contribution in [2.75, 3.05) is 0 Å². The van der Waals surface area contributed by atoms with Crippen LogP contribution in [0.25, 0.3) is 0 Å². The third-order valence-electron chi connectivity index (χ3n) is 2.17. The van der Waals surface area contributed by atoms with E-state index in [4.69, 9.17) is 0 Å². The molecule has 0 atom stereocenters. The minimum Gasteiger partial charge on any atom is -0.0961 e. The quantitative estimate of drug-likeness (QED) is 0.522. The summed E-state index contributed by atoms with van der Waals surface area (Å²) in [4.78, 5) is 1.65. The third-order valence-corrected chi connectivity index (χ3v) is 10.3. The van der Waals surface area contributed by atoms with Gasteiger partial charge in [0.1, 0.15) is 0 Å². The molecule has 0 aliphatic carbocycles. The summed E-state index contributed by atoms with van der Waals surface area (Å²) in [5.74, 6) is 0. The molecule has 0 bridgehead atoms. The summed E-state index contributed by atoms with van der Waals surface area (Å²) in [6, 6.07) is 10.9. The second-order valence-electron chi connectivity index (χ2n) is 6.26. The molecule has 3 heteroatoms. The topological polar surface area (TPSA) is 0 Å². The zero-order chi connectivity index (χ0) is 13.1. The van der Waals surface area contributed by atoms with Gasteiger partial charge in [0, 0.05) is 4.75 Å². The molecule has 1 aromatic carbocycles. The van der Waals surface area contributed by atoms with Crippen LogP contribution in [0.5, 0.6) is 0 Å². The molecule has 0 aliphatic rings. The summed E-state index contributed by atoms with van der Waals surface area (Å²) < 4.78 is 0.335. The first-order chi connectivity index (χ1) is 7.70. The van der Waals surface area contributed by atoms with Crippen LogP contribution in [0.15, 0.2) is 30.3 Å². The maximum Gasteiger partial charge on any atom is 0.0849 e. The predicted molar refractivity (Wildman–Crippen MR) is 88.2 cm³/mol. The zero-order valence-corrected chi connectivity index (χ0v) is 14.5. The molecule has 94 valence electrons. The van der Waals surface area contributed by atoms with E-state index >= 15 is 0 Å². The van der Waals surface area contributed by atoms with Gasteiger partial charge < -0.3 is 0 Å². The Balaban J connectivity index is 3.07. The zero-order valence-electron chi connectivity index (χ0n) is 11.7. The van der Waals surface area contributed by atoms with E-state index in [1.165, 1.54) is 13.0 Å². The molecule has 0 nitrogen and oxygen atoms in total. The van der Waals surface area contributed by atoms with Crippen LogP contribution in [0.3, 0.4) is 0 Å². The van der Waals surface area contributed by atoms with Gasteiger partial charge in [0.15, 0.2) is 0 Å². The average Bonchev–Trinajstić information content (AvgIpc) is 2.15. The van der Waals surface area contributed by atoms with Crippen molar-refractivity contribution in [1.29, 1.82) is 0 Å². The fourth-order valence-corrected chi connectivity index (χ4v) is 8.44. The molecule has 0 spiro atoms. The Bertz CT molecular complexity index is 385. The molecular formula is C14H23PSSi. The average molecular weight is 282 g/mol. The highest BCUT2D eigenvalue weighted by Gasteiger charge is 2.22. The first-order valence-electron chi connectivity index (χ1n) is 6.02. The molecule has 0 fully saturated rings. The van der Waals surface area contributed by atoms with E-state index in [0.29, 0.717) is 4.75 Å². The van der Waals surface area contributed by atoms with Crippen molar-refractivity contribution >= 4 is 31.8 Å². The van der Waals surface area contributed by atoms with Crippen molar-refractivity contribution in [3.63, 3.8) is 0 Å². The molecule has 17 heavy (non-hydrogen) atoms. The molecule has 1 aromatic rings. The van der Waals surface area contributed by atoms with Crippen LogP contribution in [-0.4, -0.2) is 17.7 Å². The van der Waals surface area contributed by atoms with E-state index in [1.54, 1.807) is 4.92 Å². The molecule has 0 unspecified atom stereocenters. The Morgan fingerprint density at radius 2 is 1.59 bits per heavy atom. The van der Waals surface area contributed by atoms with Gasteiger partial charge in [-0.3, -0.25) is 0 Å². The van der Waals surface area contributed by atoms with E-state index in [2.05, 4.69) is 70.7 Å². The SMILES string of the molecule is CC(C)(C)SP=C(c1ccccc1)[Si](C)(C)C. The molecule has 0 saturated heterocycles. The van der Waals surface area contributed by atoms with E-state index < -0.39 is 8.07 Å². The van der Waals surface area contributed by atoms with E-state index in [9.17, 15) is 0 Å². The number of rotatable bonds is 3. The van der Waals surface area contributed by atoms with E-state index in [1.807, 2.05) is 11.4 Å². The Hall–Kier alpha value is -0.0431. The highest BCUT2D eigenvalue weighted by atomic mass is 32.7. The van der Waals surface area contributed by atoms with Gasteiger partial charge in [-0.2, -0.15) is 0 Å². The van der Waals surface area contributed by atoms with Gasteiger partial charge in [-0.15, -0.1) is 0 Å². The van der Waals surface area contributed by atoms with Gasteiger partial charge in [0.25, 0.3) is 0 Å². The molecule has 0 aliphatic heterocycles. The second-order valence-corrected chi connectivity index (χ2v) is 14.8. The first-order valence-corrected chi connectivity index (χ1v) is 11.8. The first kappa shape index (κ1) is 15.0. The molecule has 0 saturated carbocycles. The maximum absolute atomic E-state index is 2.44. The van der Waals surface area contributed by atoms with Gasteiger partial charge >= 0.3 is 0 Å². The largest absolute Gasteiger partial charge is 0.0961 e. The van der Waals surface area contributed by atoms with Crippen LogP contribution in [0.2, 0.25) is 19.6 Å². The van der Waals surface area contributed by atoms with Gasteiger partial charge in [-0.25, -0.2) is 0 Å². The Kier molecular flexibility index (Phi) is 5.06. The van der Waals surface area contributed by atoms with E-state index in [-0.39, 0.29) is 0 Å². The molecule has 0 aromatic heterocycles. The highest BCUT2D eigenvalue weighted by Crippen LogP contribution is 2.38.